The standard InChI is InChI=1S/C28H48O/c1-18(2)19(3)7-8-20(4)24-11-12-25-23-10-9-21-17-22(29)13-15-27(21,5)26(23)14-16-28(24,25)6/h9,18-20,22-26,29H,7-8,10-17H2,1-6H3/t19-,20-,22?,23?,24?,25?,26?,27?,28?/m1/s1. The number of hydrogen-bond acceptors (Lipinski definition) is 1. The Bertz CT molecular complexity index is 620. The smallest absolute Gasteiger partial charge is 0.0577 e. The fourth-order valence-corrected chi connectivity index (χ4v) is 8.68. The van der Waals surface area contributed by atoms with Gasteiger partial charge in [0.05, 0.1) is 6.10 Å². The minimum absolute atomic E-state index is 0.0790. The van der Waals surface area contributed by atoms with Crippen molar-refractivity contribution in [2.45, 2.75) is 112 Å². The highest BCUT2D eigenvalue weighted by molar-refractivity contribution is 5.25. The van der Waals surface area contributed by atoms with Crippen LogP contribution in [0.5, 0.6) is 0 Å². The zero-order chi connectivity index (χ0) is 21.0. The highest BCUT2D eigenvalue weighted by Gasteiger charge is 2.59. The lowest BCUT2D eigenvalue weighted by Crippen LogP contribution is -2.50. The van der Waals surface area contributed by atoms with Gasteiger partial charge >= 0.3 is 0 Å². The van der Waals surface area contributed by atoms with Crippen LogP contribution in [0.1, 0.15) is 106 Å². The van der Waals surface area contributed by atoms with Gasteiger partial charge in [-0.3, -0.25) is 0 Å². The molecule has 0 radical (unpaired) electrons. The van der Waals surface area contributed by atoms with Crippen molar-refractivity contribution in [2.75, 3.05) is 0 Å². The summed E-state index contributed by atoms with van der Waals surface area (Å²) in [5, 5.41) is 10.2. The van der Waals surface area contributed by atoms with Crippen molar-refractivity contribution in [1.82, 2.24) is 0 Å². The Morgan fingerprint density at radius 3 is 2.45 bits per heavy atom. The monoisotopic (exact) mass is 400 g/mol. The first kappa shape index (κ1) is 21.9. The molecule has 0 saturated heterocycles. The molecule has 4 aliphatic carbocycles. The summed E-state index contributed by atoms with van der Waals surface area (Å²) in [6.07, 6.45) is 15.7. The van der Waals surface area contributed by atoms with E-state index in [2.05, 4.69) is 47.6 Å². The molecule has 4 aliphatic rings. The van der Waals surface area contributed by atoms with Crippen molar-refractivity contribution in [2.24, 2.45) is 52.3 Å². The number of hydrogen-bond donors (Lipinski definition) is 1. The molecule has 7 unspecified atom stereocenters. The van der Waals surface area contributed by atoms with E-state index in [1.165, 1.54) is 51.4 Å². The van der Waals surface area contributed by atoms with E-state index in [-0.39, 0.29) is 6.10 Å². The molecular formula is C28H48O. The van der Waals surface area contributed by atoms with Gasteiger partial charge in [0, 0.05) is 0 Å². The molecule has 0 heterocycles. The normalized spacial score (nSPS) is 46.5. The largest absolute Gasteiger partial charge is 0.393 e. The van der Waals surface area contributed by atoms with Crippen LogP contribution < -0.4 is 0 Å². The Morgan fingerprint density at radius 1 is 0.966 bits per heavy atom. The first-order chi connectivity index (χ1) is 13.7. The minimum atomic E-state index is -0.0790. The molecule has 1 heteroatoms. The summed E-state index contributed by atoms with van der Waals surface area (Å²) in [6.45, 7) is 15.1. The third-order valence-electron chi connectivity index (χ3n) is 11.1. The molecule has 0 spiro atoms. The highest BCUT2D eigenvalue weighted by Crippen LogP contribution is 2.67. The Labute approximate surface area is 181 Å². The molecule has 0 aromatic heterocycles. The van der Waals surface area contributed by atoms with E-state index in [4.69, 9.17) is 0 Å². The molecule has 29 heavy (non-hydrogen) atoms. The van der Waals surface area contributed by atoms with Gasteiger partial charge in [-0.2, -0.15) is 0 Å². The van der Waals surface area contributed by atoms with Crippen LogP contribution in [-0.2, 0) is 0 Å². The van der Waals surface area contributed by atoms with Crippen molar-refractivity contribution in [3.8, 4) is 0 Å². The van der Waals surface area contributed by atoms with E-state index in [1.54, 1.807) is 5.57 Å². The number of rotatable bonds is 5. The average Bonchev–Trinajstić information content (AvgIpc) is 3.03. The summed E-state index contributed by atoms with van der Waals surface area (Å²) in [7, 11) is 0. The number of aliphatic hydroxyl groups excluding tert-OH is 1. The molecule has 4 rings (SSSR count). The van der Waals surface area contributed by atoms with Gasteiger partial charge in [0.2, 0.25) is 0 Å². The zero-order valence-electron chi connectivity index (χ0n) is 20.2. The summed E-state index contributed by atoms with van der Waals surface area (Å²) >= 11 is 0. The van der Waals surface area contributed by atoms with Crippen LogP contribution in [0.25, 0.3) is 0 Å². The van der Waals surface area contributed by atoms with Gasteiger partial charge in [-0.05, 0) is 104 Å². The maximum atomic E-state index is 10.2. The molecule has 0 aromatic rings. The van der Waals surface area contributed by atoms with E-state index in [9.17, 15) is 5.11 Å². The van der Waals surface area contributed by atoms with Gasteiger partial charge in [-0.1, -0.05) is 66.0 Å². The van der Waals surface area contributed by atoms with Crippen LogP contribution in [0.4, 0.5) is 0 Å². The third-order valence-corrected chi connectivity index (χ3v) is 11.1. The van der Waals surface area contributed by atoms with E-state index >= 15 is 0 Å². The molecular weight excluding hydrogens is 352 g/mol. The average molecular weight is 401 g/mol. The summed E-state index contributed by atoms with van der Waals surface area (Å²) in [5.74, 6) is 6.24. The molecule has 166 valence electrons. The maximum Gasteiger partial charge on any atom is 0.0577 e. The first-order valence-electron chi connectivity index (χ1n) is 13.0. The van der Waals surface area contributed by atoms with Gasteiger partial charge in [-0.15, -0.1) is 0 Å². The maximum absolute atomic E-state index is 10.2. The Kier molecular flexibility index (Phi) is 6.04. The van der Waals surface area contributed by atoms with E-state index in [1.807, 2.05) is 0 Å². The molecule has 0 aromatic carbocycles. The molecule has 3 fully saturated rings. The van der Waals surface area contributed by atoms with Gasteiger partial charge in [0.25, 0.3) is 0 Å². The molecule has 0 amide bonds. The molecule has 1 N–H and O–H groups in total. The fourth-order valence-electron chi connectivity index (χ4n) is 8.68. The quantitative estimate of drug-likeness (QED) is 0.470. The van der Waals surface area contributed by atoms with E-state index in [0.29, 0.717) is 10.8 Å². The van der Waals surface area contributed by atoms with Crippen LogP contribution in [0.15, 0.2) is 11.6 Å². The summed E-state index contributed by atoms with van der Waals surface area (Å²) in [5.41, 5.74) is 2.59. The molecule has 0 aliphatic heterocycles. The lowest BCUT2D eigenvalue weighted by atomic mass is 9.47. The topological polar surface area (TPSA) is 20.2 Å². The predicted molar refractivity (Wildman–Crippen MR) is 124 cm³/mol. The van der Waals surface area contributed by atoms with Crippen molar-refractivity contribution >= 4 is 0 Å². The number of allylic oxidation sites excluding steroid dienone is 1. The second-order valence-corrected chi connectivity index (χ2v) is 12.7. The van der Waals surface area contributed by atoms with E-state index < -0.39 is 0 Å². The SMILES string of the molecule is CC(C)[C@H](C)CC[C@@H](C)C1CCC2C3CC=C4CC(O)CCC4(C)C3CCC21C. The Hall–Kier alpha value is -0.300. The fraction of sp³-hybridized carbons (Fsp3) is 0.929. The van der Waals surface area contributed by atoms with Crippen molar-refractivity contribution in [3.63, 3.8) is 0 Å². The lowest BCUT2D eigenvalue weighted by Gasteiger charge is -2.58. The second kappa shape index (κ2) is 7.99. The van der Waals surface area contributed by atoms with Crippen molar-refractivity contribution in [1.29, 1.82) is 0 Å². The van der Waals surface area contributed by atoms with Crippen molar-refractivity contribution < 1.29 is 5.11 Å². The van der Waals surface area contributed by atoms with Crippen LogP contribution in [0.2, 0.25) is 0 Å². The second-order valence-electron chi connectivity index (χ2n) is 12.7. The first-order valence-corrected chi connectivity index (χ1v) is 13.0. The van der Waals surface area contributed by atoms with Gasteiger partial charge in [-0.25, -0.2) is 0 Å². The minimum Gasteiger partial charge on any atom is -0.393 e. The number of fused-ring (bicyclic) bond motifs is 5. The molecule has 3 saturated carbocycles. The molecule has 9 atom stereocenters. The zero-order valence-corrected chi connectivity index (χ0v) is 20.2. The van der Waals surface area contributed by atoms with Gasteiger partial charge < -0.3 is 5.11 Å². The third kappa shape index (κ3) is 3.66. The predicted octanol–water partition coefficient (Wildman–Crippen LogP) is 7.63. The van der Waals surface area contributed by atoms with Crippen LogP contribution in [-0.4, -0.2) is 11.2 Å². The Balaban J connectivity index is 1.49. The molecule has 1 nitrogen and oxygen atoms in total. The highest BCUT2D eigenvalue weighted by atomic mass is 16.3. The summed E-state index contributed by atoms with van der Waals surface area (Å²) < 4.78 is 0. The summed E-state index contributed by atoms with van der Waals surface area (Å²) in [6, 6.07) is 0. The van der Waals surface area contributed by atoms with Gasteiger partial charge in [0.15, 0.2) is 0 Å². The van der Waals surface area contributed by atoms with Crippen LogP contribution in [0, 0.1) is 52.3 Å². The Morgan fingerprint density at radius 2 is 1.72 bits per heavy atom. The van der Waals surface area contributed by atoms with Crippen molar-refractivity contribution in [3.05, 3.63) is 11.6 Å². The van der Waals surface area contributed by atoms with Crippen LogP contribution >= 0.6 is 0 Å². The van der Waals surface area contributed by atoms with Crippen LogP contribution in [0.3, 0.4) is 0 Å². The van der Waals surface area contributed by atoms with Gasteiger partial charge in [0.1, 0.15) is 0 Å². The lowest BCUT2D eigenvalue weighted by molar-refractivity contribution is -0.0574. The van der Waals surface area contributed by atoms with E-state index in [0.717, 1.165) is 54.3 Å². The molecule has 0 bridgehead atoms. The summed E-state index contributed by atoms with van der Waals surface area (Å²) in [4.78, 5) is 0. The number of aliphatic hydroxyl groups is 1.